The molecule has 0 spiro atoms. The van der Waals surface area contributed by atoms with Gasteiger partial charge in [-0.05, 0) is 131 Å². The Labute approximate surface area is 251 Å². The van der Waals surface area contributed by atoms with E-state index in [2.05, 4.69) is 106 Å². The summed E-state index contributed by atoms with van der Waals surface area (Å²) < 4.78 is 0. The highest BCUT2D eigenvalue weighted by Gasteiger charge is 2.59. The molecular weight excluding hydrogens is 492 g/mol. The fourth-order valence-electron chi connectivity index (χ4n) is 9.62. The summed E-state index contributed by atoms with van der Waals surface area (Å²) in [6.07, 6.45) is 5.59. The monoisotopic (exact) mass is 544 g/mol. The number of rotatable bonds is 5. The van der Waals surface area contributed by atoms with Crippen LogP contribution in [-0.4, -0.2) is 0 Å². The Bertz CT molecular complexity index is 1570. The Kier molecular flexibility index (Phi) is 7.12. The summed E-state index contributed by atoms with van der Waals surface area (Å²) in [5.41, 5.74) is 19.3. The first-order valence-electron chi connectivity index (χ1n) is 15.8. The van der Waals surface area contributed by atoms with Gasteiger partial charge in [-0.25, -0.2) is 0 Å². The molecule has 0 aliphatic heterocycles. The molecule has 0 radical (unpaired) electrons. The van der Waals surface area contributed by atoms with E-state index >= 15 is 0 Å². The number of aryl methyl sites for hydroxylation is 1. The molecule has 0 amide bonds. The maximum Gasteiger partial charge on any atom is 0.0194 e. The van der Waals surface area contributed by atoms with E-state index in [1.165, 1.54) is 72.4 Å². The lowest BCUT2D eigenvalue weighted by atomic mass is 9.41. The fourth-order valence-corrected chi connectivity index (χ4v) is 9.62. The summed E-state index contributed by atoms with van der Waals surface area (Å²) in [4.78, 5) is 0. The molecule has 5 rings (SSSR count). The van der Waals surface area contributed by atoms with E-state index in [4.69, 9.17) is 13.2 Å². The molecule has 0 saturated carbocycles. The molecule has 0 fully saturated rings. The van der Waals surface area contributed by atoms with Gasteiger partial charge >= 0.3 is 0 Å². The standard InChI is InChI=1S/C41H52/c1-14-16-31-17-15-18-32(19-31)34-20-33(24(2)3)35-22-39(11)23-40(12)21-26(6)36(25(4)5)29(9)41(40,13)30(10)38(39)28(8)37(35)27(34)7/h15,17-20,24H,4,8-9,14,16,21-23H2,1-3,5-7,10-13H3/t39-,40+,41-/m1/s1. The minimum atomic E-state index is -0.128. The molecule has 2 aromatic rings. The van der Waals surface area contributed by atoms with E-state index in [1.807, 2.05) is 0 Å². The summed E-state index contributed by atoms with van der Waals surface area (Å²) in [5.74, 6) is 0.451. The van der Waals surface area contributed by atoms with Crippen LogP contribution in [0.3, 0.4) is 0 Å². The molecule has 0 bridgehead atoms. The highest BCUT2D eigenvalue weighted by atomic mass is 14.6. The Balaban J connectivity index is 1.78. The van der Waals surface area contributed by atoms with Crippen molar-refractivity contribution >= 4 is 5.57 Å². The predicted octanol–water partition coefficient (Wildman–Crippen LogP) is 11.9. The van der Waals surface area contributed by atoms with Gasteiger partial charge in [0, 0.05) is 5.41 Å². The summed E-state index contributed by atoms with van der Waals surface area (Å²) >= 11 is 0. The lowest BCUT2D eigenvalue weighted by Gasteiger charge is -2.62. The molecule has 216 valence electrons. The normalized spacial score (nSPS) is 27.7. The van der Waals surface area contributed by atoms with Crippen LogP contribution in [0.15, 0.2) is 83.5 Å². The van der Waals surface area contributed by atoms with Gasteiger partial charge in [0.2, 0.25) is 0 Å². The largest absolute Gasteiger partial charge is 0.0955 e. The average molecular weight is 545 g/mol. The first-order valence-corrected chi connectivity index (χ1v) is 15.8. The maximum atomic E-state index is 4.95. The summed E-state index contributed by atoms with van der Waals surface area (Å²) in [6.45, 7) is 37.8. The van der Waals surface area contributed by atoms with Crippen LogP contribution in [0.1, 0.15) is 115 Å². The quantitative estimate of drug-likeness (QED) is 0.351. The zero-order valence-electron chi connectivity index (χ0n) is 27.6. The van der Waals surface area contributed by atoms with Crippen molar-refractivity contribution in [2.75, 3.05) is 0 Å². The van der Waals surface area contributed by atoms with Gasteiger partial charge in [-0.1, -0.05) is 115 Å². The molecule has 3 aliphatic rings. The Hall–Kier alpha value is -2.86. The van der Waals surface area contributed by atoms with Gasteiger partial charge in [0.15, 0.2) is 0 Å². The van der Waals surface area contributed by atoms with E-state index in [0.717, 1.165) is 37.7 Å². The van der Waals surface area contributed by atoms with Gasteiger partial charge in [0.05, 0.1) is 0 Å². The van der Waals surface area contributed by atoms with Crippen LogP contribution >= 0.6 is 0 Å². The van der Waals surface area contributed by atoms with Crippen molar-refractivity contribution in [2.24, 2.45) is 16.2 Å². The van der Waals surface area contributed by atoms with E-state index in [9.17, 15) is 0 Å². The SMILES string of the molecule is C=C(C)C1=C(C)C[C@@]2(C)C[C@@]3(C)Cc4c(C(C)C)cc(-c5cccc(CCC)c5)c(C)c4C(=C)C3=C(C)[C@@]2(C)C1=C. The lowest BCUT2D eigenvalue weighted by Crippen LogP contribution is -2.52. The third kappa shape index (κ3) is 4.15. The molecule has 3 atom stereocenters. The molecule has 0 N–H and O–H groups in total. The second-order valence-electron chi connectivity index (χ2n) is 14.8. The van der Waals surface area contributed by atoms with Gasteiger partial charge in [0.1, 0.15) is 0 Å². The van der Waals surface area contributed by atoms with Gasteiger partial charge in [0.25, 0.3) is 0 Å². The minimum absolute atomic E-state index is 0.0440. The second-order valence-corrected chi connectivity index (χ2v) is 14.8. The first kappa shape index (κ1) is 29.6. The van der Waals surface area contributed by atoms with Crippen molar-refractivity contribution in [3.63, 3.8) is 0 Å². The lowest BCUT2D eigenvalue weighted by molar-refractivity contribution is 0.0543. The molecule has 0 heterocycles. The average Bonchev–Trinajstić information content (AvgIpc) is 2.86. The number of hydrogen-bond donors (Lipinski definition) is 0. The highest BCUT2D eigenvalue weighted by molar-refractivity contribution is 5.90. The van der Waals surface area contributed by atoms with E-state index < -0.39 is 0 Å². The van der Waals surface area contributed by atoms with Crippen LogP contribution in [0.2, 0.25) is 0 Å². The molecule has 3 aliphatic carbocycles. The van der Waals surface area contributed by atoms with Crippen LogP contribution in [0.25, 0.3) is 16.7 Å². The van der Waals surface area contributed by atoms with Crippen molar-refractivity contribution in [1.82, 2.24) is 0 Å². The molecule has 0 saturated heterocycles. The van der Waals surface area contributed by atoms with Crippen LogP contribution < -0.4 is 0 Å². The van der Waals surface area contributed by atoms with Crippen LogP contribution in [0.4, 0.5) is 0 Å². The highest BCUT2D eigenvalue weighted by Crippen LogP contribution is 2.70. The number of fused-ring (bicyclic) bond motifs is 3. The van der Waals surface area contributed by atoms with Gasteiger partial charge in [-0.3, -0.25) is 0 Å². The molecule has 0 nitrogen and oxygen atoms in total. The van der Waals surface area contributed by atoms with Crippen LogP contribution in [0, 0.1) is 23.2 Å². The first-order chi connectivity index (χ1) is 19.1. The maximum absolute atomic E-state index is 4.95. The van der Waals surface area contributed by atoms with Crippen molar-refractivity contribution in [1.29, 1.82) is 0 Å². The fraction of sp³-hybridized carbons (Fsp3) is 0.463. The van der Waals surface area contributed by atoms with Crippen molar-refractivity contribution in [3.8, 4) is 11.1 Å². The molecular formula is C41H52. The Morgan fingerprint density at radius 2 is 1.68 bits per heavy atom. The smallest absolute Gasteiger partial charge is 0.0194 e. The van der Waals surface area contributed by atoms with Crippen molar-refractivity contribution in [2.45, 2.75) is 107 Å². The summed E-state index contributed by atoms with van der Waals surface area (Å²) in [6, 6.07) is 11.7. The van der Waals surface area contributed by atoms with E-state index in [-0.39, 0.29) is 16.2 Å². The van der Waals surface area contributed by atoms with Crippen LogP contribution in [-0.2, 0) is 12.8 Å². The molecule has 0 unspecified atom stereocenters. The summed E-state index contributed by atoms with van der Waals surface area (Å²) in [7, 11) is 0. The Morgan fingerprint density at radius 1 is 1.00 bits per heavy atom. The van der Waals surface area contributed by atoms with E-state index in [1.54, 1.807) is 0 Å². The topological polar surface area (TPSA) is 0 Å². The van der Waals surface area contributed by atoms with Gasteiger partial charge < -0.3 is 0 Å². The zero-order valence-corrected chi connectivity index (χ0v) is 27.6. The number of benzene rings is 2. The molecule has 0 aromatic heterocycles. The molecule has 2 aromatic carbocycles. The zero-order chi connectivity index (χ0) is 30.2. The van der Waals surface area contributed by atoms with Gasteiger partial charge in [-0.15, -0.1) is 0 Å². The predicted molar refractivity (Wildman–Crippen MR) is 180 cm³/mol. The number of hydrogen-bond acceptors (Lipinski definition) is 0. The van der Waals surface area contributed by atoms with Gasteiger partial charge in [-0.2, -0.15) is 0 Å². The van der Waals surface area contributed by atoms with E-state index in [0.29, 0.717) is 5.92 Å². The van der Waals surface area contributed by atoms with Crippen molar-refractivity contribution < 1.29 is 0 Å². The van der Waals surface area contributed by atoms with Crippen molar-refractivity contribution in [3.05, 3.63) is 111 Å². The molecule has 0 heteroatoms. The number of allylic oxidation sites excluding steroid dienone is 7. The third-order valence-corrected chi connectivity index (χ3v) is 11.4. The Morgan fingerprint density at radius 3 is 2.29 bits per heavy atom. The summed E-state index contributed by atoms with van der Waals surface area (Å²) in [5, 5.41) is 0. The van der Waals surface area contributed by atoms with Crippen LogP contribution in [0.5, 0.6) is 0 Å². The second kappa shape index (κ2) is 9.86. The third-order valence-electron chi connectivity index (χ3n) is 11.4. The minimum Gasteiger partial charge on any atom is -0.0955 e. The molecule has 41 heavy (non-hydrogen) atoms.